The van der Waals surface area contributed by atoms with Gasteiger partial charge in [0.25, 0.3) is 5.91 Å². The molecule has 2 heterocycles. The number of rotatable bonds is 6. The average molecular weight is 521 g/mol. The van der Waals surface area contributed by atoms with Crippen molar-refractivity contribution in [2.45, 2.75) is 59.2 Å². The first-order valence-corrected chi connectivity index (χ1v) is 12.8. The second kappa shape index (κ2) is 10.9. The maximum atomic E-state index is 13.0. The highest BCUT2D eigenvalue weighted by atomic mass is 16.6. The van der Waals surface area contributed by atoms with Gasteiger partial charge in [0.15, 0.2) is 0 Å². The van der Waals surface area contributed by atoms with E-state index in [4.69, 9.17) is 9.94 Å². The molecule has 3 N–H and O–H groups in total. The smallest absolute Gasteiger partial charge is 0.410 e. The van der Waals surface area contributed by atoms with Gasteiger partial charge in [0, 0.05) is 41.8 Å². The normalized spacial score (nSPS) is 17.5. The highest BCUT2D eigenvalue weighted by Gasteiger charge is 2.41. The van der Waals surface area contributed by atoms with Crippen LogP contribution in [0.15, 0.2) is 48.5 Å². The number of aromatic nitrogens is 1. The molecular formula is C29H36N4O5. The molecule has 0 spiro atoms. The lowest BCUT2D eigenvalue weighted by Crippen LogP contribution is -2.45. The van der Waals surface area contributed by atoms with Crippen LogP contribution in [0, 0.1) is 19.8 Å². The Morgan fingerprint density at radius 3 is 2.37 bits per heavy atom. The number of carbonyl (C=O) groups excluding carboxylic acids is 3. The Bertz CT molecular complexity index is 1340. The van der Waals surface area contributed by atoms with Crippen LogP contribution in [0.5, 0.6) is 0 Å². The number of nitrogens with one attached hydrogen (secondary N) is 2. The molecule has 1 aliphatic rings. The lowest BCUT2D eigenvalue weighted by molar-refractivity contribution is -0.133. The fourth-order valence-corrected chi connectivity index (χ4v) is 4.98. The summed E-state index contributed by atoms with van der Waals surface area (Å²) >= 11 is 0. The molecule has 0 radical (unpaired) electrons. The molecule has 2 aromatic carbocycles. The monoisotopic (exact) mass is 520 g/mol. The molecule has 0 bridgehead atoms. The maximum Gasteiger partial charge on any atom is 0.410 e. The number of carbonyl (C=O) groups is 3. The standard InChI is InChI=1S/C29H36N4O5/c1-18-19(2)33(25-9-7-6-8-22(18)25)15-14-20-10-12-21(13-11-20)26(34)30-24-17-32(16-23(24)27(35)31-37)28(36)38-29(3,4)5/h6-13,23-24,37H,14-17H2,1-5H3,(H,30,34)(H,31,35)/t23-,24+/m0/s1. The third-order valence-electron chi connectivity index (χ3n) is 7.12. The molecular weight excluding hydrogens is 484 g/mol. The second-order valence-corrected chi connectivity index (χ2v) is 10.9. The molecule has 4 rings (SSSR count). The summed E-state index contributed by atoms with van der Waals surface area (Å²) in [6, 6.07) is 15.1. The summed E-state index contributed by atoms with van der Waals surface area (Å²) in [5, 5.41) is 13.3. The van der Waals surface area contributed by atoms with Crippen molar-refractivity contribution < 1.29 is 24.3 Å². The number of para-hydroxylation sites is 1. The number of aryl methyl sites for hydroxylation is 3. The van der Waals surface area contributed by atoms with Crippen LogP contribution in [0.25, 0.3) is 10.9 Å². The van der Waals surface area contributed by atoms with Crippen molar-refractivity contribution in [2.75, 3.05) is 13.1 Å². The Morgan fingerprint density at radius 2 is 1.71 bits per heavy atom. The van der Waals surface area contributed by atoms with Crippen molar-refractivity contribution >= 4 is 28.8 Å². The fraction of sp³-hybridized carbons (Fsp3) is 0.414. The lowest BCUT2D eigenvalue weighted by Gasteiger charge is -2.24. The van der Waals surface area contributed by atoms with Gasteiger partial charge in [-0.15, -0.1) is 0 Å². The van der Waals surface area contributed by atoms with Crippen LogP contribution < -0.4 is 10.8 Å². The zero-order chi connectivity index (χ0) is 27.6. The summed E-state index contributed by atoms with van der Waals surface area (Å²) in [7, 11) is 0. The predicted octanol–water partition coefficient (Wildman–Crippen LogP) is 3.97. The van der Waals surface area contributed by atoms with Crippen molar-refractivity contribution in [3.8, 4) is 0 Å². The minimum absolute atomic E-state index is 0.0259. The Labute approximate surface area is 222 Å². The van der Waals surface area contributed by atoms with Gasteiger partial charge >= 0.3 is 6.09 Å². The molecule has 0 unspecified atom stereocenters. The van der Waals surface area contributed by atoms with Gasteiger partial charge in [-0.05, 0) is 70.4 Å². The topological polar surface area (TPSA) is 113 Å². The number of hydrogen-bond donors (Lipinski definition) is 3. The number of likely N-dealkylation sites (tertiary alicyclic amines) is 1. The molecule has 9 nitrogen and oxygen atoms in total. The molecule has 0 aliphatic carbocycles. The number of benzene rings is 2. The number of ether oxygens (including phenoxy) is 1. The Hall–Kier alpha value is -3.85. The highest BCUT2D eigenvalue weighted by molar-refractivity contribution is 5.95. The summed E-state index contributed by atoms with van der Waals surface area (Å²) in [5.74, 6) is -1.83. The van der Waals surface area contributed by atoms with Gasteiger partial charge in [-0.2, -0.15) is 0 Å². The summed E-state index contributed by atoms with van der Waals surface area (Å²) in [6.07, 6.45) is 0.239. The minimum atomic E-state index is -0.807. The van der Waals surface area contributed by atoms with Crippen molar-refractivity contribution in [1.82, 2.24) is 20.3 Å². The molecule has 3 amide bonds. The van der Waals surface area contributed by atoms with E-state index in [1.54, 1.807) is 38.4 Å². The summed E-state index contributed by atoms with van der Waals surface area (Å²) in [6.45, 7) is 10.5. The summed E-state index contributed by atoms with van der Waals surface area (Å²) in [5.41, 5.74) is 6.26. The van der Waals surface area contributed by atoms with E-state index in [1.165, 1.54) is 27.1 Å². The van der Waals surface area contributed by atoms with Crippen LogP contribution in [-0.4, -0.2) is 57.3 Å². The second-order valence-electron chi connectivity index (χ2n) is 10.9. The zero-order valence-electron chi connectivity index (χ0n) is 22.6. The van der Waals surface area contributed by atoms with E-state index in [0.29, 0.717) is 5.56 Å². The van der Waals surface area contributed by atoms with Gasteiger partial charge < -0.3 is 19.5 Å². The number of nitrogens with zero attached hydrogens (tertiary/aromatic N) is 2. The molecule has 1 aromatic heterocycles. The van der Waals surface area contributed by atoms with Crippen LogP contribution >= 0.6 is 0 Å². The van der Waals surface area contributed by atoms with E-state index < -0.39 is 29.6 Å². The molecule has 3 aromatic rings. The van der Waals surface area contributed by atoms with Gasteiger partial charge in [0.1, 0.15) is 5.60 Å². The van der Waals surface area contributed by atoms with Gasteiger partial charge in [0.05, 0.1) is 12.0 Å². The van der Waals surface area contributed by atoms with E-state index >= 15 is 0 Å². The highest BCUT2D eigenvalue weighted by Crippen LogP contribution is 2.25. The maximum absolute atomic E-state index is 13.0. The van der Waals surface area contributed by atoms with E-state index in [0.717, 1.165) is 18.5 Å². The molecule has 0 saturated carbocycles. The minimum Gasteiger partial charge on any atom is -0.444 e. The van der Waals surface area contributed by atoms with Crippen LogP contribution in [0.1, 0.15) is 48.0 Å². The Balaban J connectivity index is 1.40. The Morgan fingerprint density at radius 1 is 1.03 bits per heavy atom. The lowest BCUT2D eigenvalue weighted by atomic mass is 10.0. The van der Waals surface area contributed by atoms with Crippen molar-refractivity contribution in [2.24, 2.45) is 5.92 Å². The van der Waals surface area contributed by atoms with E-state index in [9.17, 15) is 14.4 Å². The zero-order valence-corrected chi connectivity index (χ0v) is 22.6. The number of hydrogen-bond acceptors (Lipinski definition) is 5. The molecule has 2 atom stereocenters. The third kappa shape index (κ3) is 5.83. The largest absolute Gasteiger partial charge is 0.444 e. The number of fused-ring (bicyclic) bond motifs is 1. The Kier molecular flexibility index (Phi) is 7.78. The van der Waals surface area contributed by atoms with Crippen LogP contribution in [0.2, 0.25) is 0 Å². The fourth-order valence-electron chi connectivity index (χ4n) is 4.98. The first-order chi connectivity index (χ1) is 18.0. The SMILES string of the molecule is Cc1c(C)n(CCc2ccc(C(=O)N[C@@H]3CN(C(=O)OC(C)(C)C)C[C@@H]3C(=O)NO)cc2)c2ccccc12. The van der Waals surface area contributed by atoms with E-state index in [-0.39, 0.29) is 19.0 Å². The van der Waals surface area contributed by atoms with Crippen LogP contribution in [0.4, 0.5) is 4.79 Å². The molecule has 202 valence electrons. The van der Waals surface area contributed by atoms with Crippen molar-refractivity contribution in [3.63, 3.8) is 0 Å². The summed E-state index contributed by atoms with van der Waals surface area (Å²) < 4.78 is 7.73. The molecule has 9 heteroatoms. The van der Waals surface area contributed by atoms with Gasteiger partial charge in [0.2, 0.25) is 5.91 Å². The quantitative estimate of drug-likeness (QED) is 0.336. The molecule has 1 saturated heterocycles. The molecule has 1 fully saturated rings. The van der Waals surface area contributed by atoms with Gasteiger partial charge in [-0.25, -0.2) is 10.3 Å². The van der Waals surface area contributed by atoms with Gasteiger partial charge in [-0.3, -0.25) is 14.8 Å². The first kappa shape index (κ1) is 27.2. The predicted molar refractivity (Wildman–Crippen MR) is 144 cm³/mol. The van der Waals surface area contributed by atoms with E-state index in [2.05, 4.69) is 48.0 Å². The number of hydroxylamine groups is 1. The summed E-state index contributed by atoms with van der Waals surface area (Å²) in [4.78, 5) is 39.1. The van der Waals surface area contributed by atoms with E-state index in [1.807, 2.05) is 12.1 Å². The van der Waals surface area contributed by atoms with Crippen LogP contribution in [-0.2, 0) is 22.5 Å². The number of amides is 3. The first-order valence-electron chi connectivity index (χ1n) is 12.8. The molecule has 38 heavy (non-hydrogen) atoms. The van der Waals surface area contributed by atoms with Crippen molar-refractivity contribution in [3.05, 3.63) is 70.9 Å². The van der Waals surface area contributed by atoms with Gasteiger partial charge in [-0.1, -0.05) is 30.3 Å². The van der Waals surface area contributed by atoms with Crippen LogP contribution in [0.3, 0.4) is 0 Å². The van der Waals surface area contributed by atoms with Crippen molar-refractivity contribution in [1.29, 1.82) is 0 Å². The third-order valence-corrected chi connectivity index (χ3v) is 7.12. The average Bonchev–Trinajstić information content (AvgIpc) is 3.41. The molecule has 1 aliphatic heterocycles.